The Morgan fingerprint density at radius 1 is 1.12 bits per heavy atom. The minimum atomic E-state index is -0.497. The van der Waals surface area contributed by atoms with Gasteiger partial charge in [0, 0.05) is 5.69 Å². The highest BCUT2D eigenvalue weighted by molar-refractivity contribution is 6.02. The molecular weight excluding hydrogens is 408 g/mol. The average Bonchev–Trinajstić information content (AvgIpc) is 2.81. The summed E-state index contributed by atoms with van der Waals surface area (Å²) in [6, 6.07) is 15.2. The lowest BCUT2D eigenvalue weighted by Gasteiger charge is -2.46. The van der Waals surface area contributed by atoms with E-state index in [9.17, 15) is 14.4 Å². The summed E-state index contributed by atoms with van der Waals surface area (Å²) >= 11 is 0. The van der Waals surface area contributed by atoms with E-state index in [0.29, 0.717) is 25.3 Å². The van der Waals surface area contributed by atoms with Gasteiger partial charge in [-0.1, -0.05) is 30.3 Å². The lowest BCUT2D eigenvalue weighted by Crippen LogP contribution is -2.70. The Hall–Kier alpha value is -3.39. The van der Waals surface area contributed by atoms with Gasteiger partial charge in [0.15, 0.2) is 0 Å². The number of fused-ring (bicyclic) bond motifs is 1. The highest BCUT2D eigenvalue weighted by Crippen LogP contribution is 2.26. The number of hydrogen-bond donors (Lipinski definition) is 2. The van der Waals surface area contributed by atoms with Crippen molar-refractivity contribution in [3.05, 3.63) is 60.2 Å². The van der Waals surface area contributed by atoms with Crippen LogP contribution in [0.4, 0.5) is 10.5 Å². The fraction of sp³-hybridized carbons (Fsp3) is 0.375. The van der Waals surface area contributed by atoms with E-state index < -0.39 is 12.1 Å². The number of carbonyl (C=O) groups is 3. The maximum atomic E-state index is 13.3. The molecule has 4 rings (SSSR count). The molecule has 0 spiro atoms. The standard InChI is InChI=1S/C24H28N4O4/c1-2-32-19-12-10-18(11-13-19)26-21(29)16-27-20-9-6-14-25-22(20)23(30)28(24(27)31)15-17-7-4-3-5-8-17/h3-5,7-8,10-13,20,22,25H,2,6,9,14-16H2,1H3,(H,26,29). The van der Waals surface area contributed by atoms with Gasteiger partial charge in [-0.2, -0.15) is 0 Å². The topological polar surface area (TPSA) is 91.0 Å². The second-order valence-corrected chi connectivity index (χ2v) is 7.97. The maximum Gasteiger partial charge on any atom is 0.327 e. The van der Waals surface area contributed by atoms with E-state index in [1.54, 1.807) is 24.3 Å². The summed E-state index contributed by atoms with van der Waals surface area (Å²) in [4.78, 5) is 42.0. The van der Waals surface area contributed by atoms with E-state index in [2.05, 4.69) is 10.6 Å². The first-order valence-electron chi connectivity index (χ1n) is 11.0. The maximum absolute atomic E-state index is 13.3. The number of benzene rings is 2. The first kappa shape index (κ1) is 21.8. The molecule has 0 aromatic heterocycles. The fourth-order valence-corrected chi connectivity index (χ4v) is 4.27. The molecule has 32 heavy (non-hydrogen) atoms. The number of imide groups is 1. The quantitative estimate of drug-likeness (QED) is 0.696. The zero-order valence-corrected chi connectivity index (χ0v) is 18.1. The van der Waals surface area contributed by atoms with Gasteiger partial charge in [-0.3, -0.25) is 14.5 Å². The van der Waals surface area contributed by atoms with Crippen LogP contribution in [-0.2, 0) is 16.1 Å². The third kappa shape index (κ3) is 4.75. The minimum Gasteiger partial charge on any atom is -0.494 e. The third-order valence-corrected chi connectivity index (χ3v) is 5.78. The summed E-state index contributed by atoms with van der Waals surface area (Å²) in [5.74, 6) is 0.190. The molecule has 2 aliphatic heterocycles. The van der Waals surface area contributed by atoms with E-state index in [1.807, 2.05) is 37.3 Å². The number of nitrogens with one attached hydrogen (secondary N) is 2. The molecule has 168 valence electrons. The van der Waals surface area contributed by atoms with Crippen LogP contribution in [0.2, 0.25) is 0 Å². The lowest BCUT2D eigenvalue weighted by molar-refractivity contribution is -0.138. The minimum absolute atomic E-state index is 0.118. The zero-order valence-electron chi connectivity index (χ0n) is 18.1. The Labute approximate surface area is 187 Å². The van der Waals surface area contributed by atoms with Crippen molar-refractivity contribution in [3.63, 3.8) is 0 Å². The van der Waals surface area contributed by atoms with Crippen LogP contribution in [0.25, 0.3) is 0 Å². The predicted molar refractivity (Wildman–Crippen MR) is 120 cm³/mol. The summed E-state index contributed by atoms with van der Waals surface area (Å²) in [6.07, 6.45) is 1.53. The first-order valence-corrected chi connectivity index (χ1v) is 11.0. The van der Waals surface area contributed by atoms with Crippen LogP contribution in [0.1, 0.15) is 25.3 Å². The molecular formula is C24H28N4O4. The molecule has 4 amide bonds. The molecule has 2 atom stereocenters. The van der Waals surface area contributed by atoms with E-state index in [4.69, 9.17) is 4.74 Å². The lowest BCUT2D eigenvalue weighted by atomic mass is 9.93. The van der Waals surface area contributed by atoms with Gasteiger partial charge in [0.2, 0.25) is 11.8 Å². The molecule has 2 aromatic rings. The number of amides is 4. The molecule has 2 N–H and O–H groups in total. The molecule has 2 aromatic carbocycles. The van der Waals surface area contributed by atoms with Gasteiger partial charge in [-0.05, 0) is 56.1 Å². The van der Waals surface area contributed by atoms with Crippen molar-refractivity contribution in [3.8, 4) is 5.75 Å². The molecule has 0 saturated carbocycles. The van der Waals surface area contributed by atoms with Gasteiger partial charge >= 0.3 is 6.03 Å². The van der Waals surface area contributed by atoms with Gasteiger partial charge in [0.25, 0.3) is 0 Å². The molecule has 2 saturated heterocycles. The number of anilines is 1. The van der Waals surface area contributed by atoms with Crippen molar-refractivity contribution in [1.29, 1.82) is 0 Å². The van der Waals surface area contributed by atoms with E-state index >= 15 is 0 Å². The SMILES string of the molecule is CCOc1ccc(NC(=O)CN2C(=O)N(Cc3ccccc3)C(=O)C3NCCCC32)cc1. The normalized spacial score (nSPS) is 20.7. The Bertz CT molecular complexity index is 964. The Morgan fingerprint density at radius 2 is 1.88 bits per heavy atom. The second kappa shape index (κ2) is 9.82. The summed E-state index contributed by atoms with van der Waals surface area (Å²) < 4.78 is 5.42. The smallest absolute Gasteiger partial charge is 0.327 e. The van der Waals surface area contributed by atoms with Gasteiger partial charge in [0.05, 0.1) is 19.2 Å². The van der Waals surface area contributed by atoms with Crippen LogP contribution in [-0.4, -0.2) is 59.4 Å². The van der Waals surface area contributed by atoms with Gasteiger partial charge in [0.1, 0.15) is 18.3 Å². The van der Waals surface area contributed by atoms with Crippen molar-refractivity contribution in [2.75, 3.05) is 25.0 Å². The number of rotatable bonds is 7. The van der Waals surface area contributed by atoms with E-state index in [0.717, 1.165) is 17.7 Å². The van der Waals surface area contributed by atoms with Crippen LogP contribution in [0.15, 0.2) is 54.6 Å². The number of piperidine rings is 1. The van der Waals surface area contributed by atoms with Gasteiger partial charge in [-0.15, -0.1) is 0 Å². The highest BCUT2D eigenvalue weighted by atomic mass is 16.5. The van der Waals surface area contributed by atoms with E-state index in [1.165, 1.54) is 9.80 Å². The number of ether oxygens (including phenoxy) is 1. The molecule has 2 aliphatic rings. The van der Waals surface area contributed by atoms with Crippen molar-refractivity contribution in [2.45, 2.75) is 38.4 Å². The summed E-state index contributed by atoms with van der Waals surface area (Å²) in [5.41, 5.74) is 1.49. The Kier molecular flexibility index (Phi) is 6.70. The van der Waals surface area contributed by atoms with Crippen molar-refractivity contribution in [1.82, 2.24) is 15.1 Å². The number of carbonyl (C=O) groups excluding carboxylic acids is 3. The summed E-state index contributed by atoms with van der Waals surface area (Å²) in [7, 11) is 0. The van der Waals surface area contributed by atoms with Gasteiger partial charge in [-0.25, -0.2) is 4.79 Å². The van der Waals surface area contributed by atoms with Crippen LogP contribution >= 0.6 is 0 Å². The number of urea groups is 1. The molecule has 8 nitrogen and oxygen atoms in total. The Balaban J connectivity index is 1.49. The molecule has 2 unspecified atom stereocenters. The van der Waals surface area contributed by atoms with Crippen molar-refractivity contribution >= 4 is 23.5 Å². The van der Waals surface area contributed by atoms with Crippen LogP contribution in [0, 0.1) is 0 Å². The molecule has 0 bridgehead atoms. The average molecular weight is 437 g/mol. The van der Waals surface area contributed by atoms with Crippen molar-refractivity contribution in [2.24, 2.45) is 0 Å². The molecule has 0 radical (unpaired) electrons. The predicted octanol–water partition coefficient (Wildman–Crippen LogP) is 2.61. The number of nitrogens with zero attached hydrogens (tertiary/aromatic N) is 2. The van der Waals surface area contributed by atoms with Crippen LogP contribution in [0.5, 0.6) is 5.75 Å². The van der Waals surface area contributed by atoms with Crippen LogP contribution in [0.3, 0.4) is 0 Å². The summed E-state index contributed by atoms with van der Waals surface area (Å²) in [5, 5.41) is 6.09. The van der Waals surface area contributed by atoms with E-state index in [-0.39, 0.29) is 30.9 Å². The molecule has 0 aliphatic carbocycles. The highest BCUT2D eigenvalue weighted by Gasteiger charge is 2.47. The first-order chi connectivity index (χ1) is 15.6. The third-order valence-electron chi connectivity index (χ3n) is 5.78. The molecule has 2 fully saturated rings. The molecule has 8 heteroatoms. The van der Waals surface area contributed by atoms with Crippen molar-refractivity contribution < 1.29 is 19.1 Å². The number of hydrogen-bond acceptors (Lipinski definition) is 5. The second-order valence-electron chi connectivity index (χ2n) is 7.97. The monoisotopic (exact) mass is 436 g/mol. The van der Waals surface area contributed by atoms with Crippen LogP contribution < -0.4 is 15.4 Å². The van der Waals surface area contributed by atoms with Gasteiger partial charge < -0.3 is 20.3 Å². The molecule has 2 heterocycles. The largest absolute Gasteiger partial charge is 0.494 e. The fourth-order valence-electron chi connectivity index (χ4n) is 4.27. The zero-order chi connectivity index (χ0) is 22.5. The Morgan fingerprint density at radius 3 is 2.59 bits per heavy atom. The summed E-state index contributed by atoms with van der Waals surface area (Å²) in [6.45, 7) is 3.25.